The number of halogens is 2. The van der Waals surface area contributed by atoms with Gasteiger partial charge in [-0.25, -0.2) is 0 Å². The number of hydrogen-bond donors (Lipinski definition) is 1. The minimum Gasteiger partial charge on any atom is -0.434 e. The van der Waals surface area contributed by atoms with Gasteiger partial charge >= 0.3 is 6.61 Å². The highest BCUT2D eigenvalue weighted by Gasteiger charge is 2.36. The molecule has 0 radical (unpaired) electrons. The van der Waals surface area contributed by atoms with Gasteiger partial charge in [0, 0.05) is 32.2 Å². The molecule has 1 aliphatic heterocycles. The van der Waals surface area contributed by atoms with E-state index in [9.17, 15) is 18.7 Å². The van der Waals surface area contributed by atoms with E-state index in [0.717, 1.165) is 6.54 Å². The molecule has 1 aliphatic rings. The number of nitrogens with zero attached hydrogens (tertiary/aromatic N) is 2. The van der Waals surface area contributed by atoms with E-state index in [1.807, 2.05) is 19.0 Å². The van der Waals surface area contributed by atoms with E-state index in [0.29, 0.717) is 13.1 Å². The lowest BCUT2D eigenvalue weighted by Crippen LogP contribution is -2.31. The van der Waals surface area contributed by atoms with Crippen molar-refractivity contribution in [1.29, 1.82) is 0 Å². The lowest BCUT2D eigenvalue weighted by Gasteiger charge is -2.20. The van der Waals surface area contributed by atoms with Crippen LogP contribution in [-0.2, 0) is 0 Å². The Morgan fingerprint density at radius 3 is 2.61 bits per heavy atom. The molecule has 1 heterocycles. The molecule has 23 heavy (non-hydrogen) atoms. The second-order valence-electron chi connectivity index (χ2n) is 6.05. The van der Waals surface area contributed by atoms with Crippen LogP contribution in [0.4, 0.5) is 8.78 Å². The van der Waals surface area contributed by atoms with Gasteiger partial charge in [-0.1, -0.05) is 12.1 Å². The highest BCUT2D eigenvalue weighted by molar-refractivity contribution is 5.97. The summed E-state index contributed by atoms with van der Waals surface area (Å²) in [6.45, 7) is -1.32. The number of benzene rings is 1. The van der Waals surface area contributed by atoms with E-state index in [4.69, 9.17) is 0 Å². The molecule has 1 N–H and O–H groups in total. The maximum atomic E-state index is 12.6. The van der Waals surface area contributed by atoms with E-state index >= 15 is 0 Å². The lowest BCUT2D eigenvalue weighted by atomic mass is 9.97. The average Bonchev–Trinajstić information content (AvgIpc) is 2.88. The smallest absolute Gasteiger partial charge is 0.387 e. The maximum Gasteiger partial charge on any atom is 0.387 e. The number of para-hydroxylation sites is 1. The standard InChI is InChI=1S/C16H22F2N2O3/c1-19(2)7-11-8-20(9-12(11)10-21)15(22)13-5-3-4-6-14(13)23-16(17)18/h3-6,11-12,16,21H,7-10H2,1-2H3. The van der Waals surface area contributed by atoms with E-state index in [1.165, 1.54) is 12.1 Å². The number of ether oxygens (including phenoxy) is 1. The minimum absolute atomic E-state index is 0.00251. The molecular weight excluding hydrogens is 306 g/mol. The molecule has 1 fully saturated rings. The summed E-state index contributed by atoms with van der Waals surface area (Å²) in [5, 5.41) is 9.51. The van der Waals surface area contributed by atoms with Gasteiger partial charge in [-0.3, -0.25) is 4.79 Å². The summed E-state index contributed by atoms with van der Waals surface area (Å²) in [4.78, 5) is 16.3. The first kappa shape index (κ1) is 17.6. The van der Waals surface area contributed by atoms with Crippen LogP contribution in [0.25, 0.3) is 0 Å². The van der Waals surface area contributed by atoms with Crippen molar-refractivity contribution in [3.63, 3.8) is 0 Å². The van der Waals surface area contributed by atoms with Gasteiger partial charge in [0.1, 0.15) is 5.75 Å². The number of alkyl halides is 2. The molecule has 1 saturated heterocycles. The van der Waals surface area contributed by atoms with Crippen molar-refractivity contribution in [2.75, 3.05) is 40.3 Å². The monoisotopic (exact) mass is 328 g/mol. The van der Waals surface area contributed by atoms with Crippen molar-refractivity contribution in [3.05, 3.63) is 29.8 Å². The van der Waals surface area contributed by atoms with Crippen LogP contribution >= 0.6 is 0 Å². The largest absolute Gasteiger partial charge is 0.434 e. The molecule has 1 amide bonds. The normalized spacial score (nSPS) is 21.3. The number of hydrogen-bond acceptors (Lipinski definition) is 4. The third kappa shape index (κ3) is 4.39. The first-order valence-corrected chi connectivity index (χ1v) is 7.51. The average molecular weight is 328 g/mol. The van der Waals surface area contributed by atoms with Gasteiger partial charge in [-0.2, -0.15) is 8.78 Å². The fourth-order valence-corrected chi connectivity index (χ4v) is 3.00. The zero-order valence-electron chi connectivity index (χ0n) is 13.3. The number of aliphatic hydroxyl groups is 1. The second kappa shape index (κ2) is 7.70. The van der Waals surface area contributed by atoms with Crippen LogP contribution in [0, 0.1) is 11.8 Å². The van der Waals surface area contributed by atoms with Crippen molar-refractivity contribution < 1.29 is 23.4 Å². The maximum absolute atomic E-state index is 12.6. The molecule has 0 aliphatic carbocycles. The van der Waals surface area contributed by atoms with Crippen LogP contribution in [-0.4, -0.2) is 67.8 Å². The van der Waals surface area contributed by atoms with E-state index in [-0.39, 0.29) is 35.7 Å². The van der Waals surface area contributed by atoms with Gasteiger partial charge < -0.3 is 19.6 Å². The van der Waals surface area contributed by atoms with Gasteiger partial charge in [-0.05, 0) is 32.1 Å². The number of likely N-dealkylation sites (tertiary alicyclic amines) is 1. The molecule has 5 nitrogen and oxygen atoms in total. The summed E-state index contributed by atoms with van der Waals surface area (Å²) in [7, 11) is 3.87. The summed E-state index contributed by atoms with van der Waals surface area (Å²) in [6.07, 6.45) is 0. The van der Waals surface area contributed by atoms with Crippen molar-refractivity contribution in [2.24, 2.45) is 11.8 Å². The SMILES string of the molecule is CN(C)CC1CN(C(=O)c2ccccc2OC(F)F)CC1CO. The van der Waals surface area contributed by atoms with Crippen LogP contribution in [0.1, 0.15) is 10.4 Å². The van der Waals surface area contributed by atoms with Crippen LogP contribution in [0.2, 0.25) is 0 Å². The number of carbonyl (C=O) groups is 1. The molecule has 0 aromatic heterocycles. The quantitative estimate of drug-likeness (QED) is 0.860. The summed E-state index contributed by atoms with van der Waals surface area (Å²) < 4.78 is 29.4. The molecule has 0 saturated carbocycles. The summed E-state index contributed by atoms with van der Waals surface area (Å²) in [5.74, 6) is -0.322. The Labute approximate surface area is 134 Å². The first-order valence-electron chi connectivity index (χ1n) is 7.51. The third-order valence-corrected chi connectivity index (χ3v) is 4.03. The topological polar surface area (TPSA) is 53.0 Å². The molecule has 0 bridgehead atoms. The van der Waals surface area contributed by atoms with Gasteiger partial charge in [0.2, 0.25) is 0 Å². The predicted molar refractivity (Wildman–Crippen MR) is 81.6 cm³/mol. The van der Waals surface area contributed by atoms with Crippen LogP contribution < -0.4 is 4.74 Å². The van der Waals surface area contributed by atoms with Crippen LogP contribution in [0.3, 0.4) is 0 Å². The zero-order chi connectivity index (χ0) is 17.0. The Hall–Kier alpha value is -1.73. The Kier molecular flexibility index (Phi) is 5.90. The molecule has 7 heteroatoms. The Balaban J connectivity index is 2.15. The van der Waals surface area contributed by atoms with Crippen molar-refractivity contribution >= 4 is 5.91 Å². The Morgan fingerprint density at radius 2 is 2.00 bits per heavy atom. The minimum atomic E-state index is -2.98. The fraction of sp³-hybridized carbons (Fsp3) is 0.562. The van der Waals surface area contributed by atoms with Crippen molar-refractivity contribution in [2.45, 2.75) is 6.61 Å². The van der Waals surface area contributed by atoms with Gasteiger partial charge in [0.15, 0.2) is 0 Å². The van der Waals surface area contributed by atoms with E-state index < -0.39 is 6.61 Å². The van der Waals surface area contributed by atoms with Gasteiger partial charge in [0.05, 0.1) is 5.56 Å². The summed E-state index contributed by atoms with van der Waals surface area (Å²) >= 11 is 0. The highest BCUT2D eigenvalue weighted by atomic mass is 19.3. The molecular formula is C16H22F2N2O3. The van der Waals surface area contributed by atoms with Gasteiger partial charge in [-0.15, -0.1) is 0 Å². The Morgan fingerprint density at radius 1 is 1.35 bits per heavy atom. The zero-order valence-corrected chi connectivity index (χ0v) is 13.3. The number of rotatable bonds is 6. The van der Waals surface area contributed by atoms with E-state index in [1.54, 1.807) is 17.0 Å². The number of carbonyl (C=O) groups excluding carboxylic acids is 1. The van der Waals surface area contributed by atoms with Crippen LogP contribution in [0.5, 0.6) is 5.75 Å². The van der Waals surface area contributed by atoms with Crippen LogP contribution in [0.15, 0.2) is 24.3 Å². The van der Waals surface area contributed by atoms with E-state index in [2.05, 4.69) is 4.74 Å². The molecule has 2 rings (SSSR count). The third-order valence-electron chi connectivity index (χ3n) is 4.03. The highest BCUT2D eigenvalue weighted by Crippen LogP contribution is 2.28. The Bertz CT molecular complexity index is 540. The molecule has 0 spiro atoms. The molecule has 1 aromatic carbocycles. The number of aliphatic hydroxyl groups excluding tert-OH is 1. The second-order valence-corrected chi connectivity index (χ2v) is 6.05. The first-order chi connectivity index (χ1) is 10.9. The van der Waals surface area contributed by atoms with Crippen molar-refractivity contribution in [1.82, 2.24) is 9.80 Å². The molecule has 2 unspecified atom stereocenters. The molecule has 1 aromatic rings. The predicted octanol–water partition coefficient (Wildman–Crippen LogP) is 1.53. The van der Waals surface area contributed by atoms with Gasteiger partial charge in [0.25, 0.3) is 5.91 Å². The molecule has 128 valence electrons. The summed E-state index contributed by atoms with van der Waals surface area (Å²) in [6, 6.07) is 6.00. The molecule has 2 atom stereocenters. The fourth-order valence-electron chi connectivity index (χ4n) is 3.00. The lowest BCUT2D eigenvalue weighted by molar-refractivity contribution is -0.0502. The number of amides is 1. The summed E-state index contributed by atoms with van der Waals surface area (Å²) in [5.41, 5.74) is 0.120. The van der Waals surface area contributed by atoms with Crippen molar-refractivity contribution in [3.8, 4) is 5.75 Å².